The van der Waals surface area contributed by atoms with Crippen LogP contribution in [-0.4, -0.2) is 43.4 Å². The fraction of sp³-hybridized carbons (Fsp3) is 0.889. The van der Waals surface area contributed by atoms with Crippen molar-refractivity contribution in [2.45, 2.75) is 38.0 Å². The monoisotopic (exact) mass is 269 g/mol. The number of likely N-dealkylation sites (tertiary alicyclic amines) is 1. The lowest BCUT2D eigenvalue weighted by Crippen LogP contribution is -2.36. The molecule has 1 unspecified atom stereocenters. The van der Waals surface area contributed by atoms with Crippen LogP contribution in [0.25, 0.3) is 0 Å². The van der Waals surface area contributed by atoms with Crippen molar-refractivity contribution in [3.05, 3.63) is 0 Å². The Kier molecular flexibility index (Phi) is 3.74. The molecule has 5 nitrogen and oxygen atoms in total. The van der Waals surface area contributed by atoms with Crippen molar-refractivity contribution in [1.82, 2.24) is 4.90 Å². The number of halogens is 1. The summed E-state index contributed by atoms with van der Waals surface area (Å²) >= 11 is 0. The lowest BCUT2D eigenvalue weighted by atomic mass is 10.2. The van der Waals surface area contributed by atoms with E-state index < -0.39 is 26.0 Å². The third kappa shape index (κ3) is 3.83. The van der Waals surface area contributed by atoms with Crippen LogP contribution in [0, 0.1) is 0 Å². The predicted octanol–water partition coefficient (Wildman–Crippen LogP) is 1.56. The summed E-state index contributed by atoms with van der Waals surface area (Å²) < 4.78 is 27.3. The lowest BCUT2D eigenvalue weighted by molar-refractivity contribution is 0.0295. The number of carbonyl (C=O) groups excluding carboxylic acids is 1. The molecule has 7 heteroatoms. The minimum Gasteiger partial charge on any atom is -0.444 e. The van der Waals surface area contributed by atoms with Crippen molar-refractivity contribution in [3.63, 3.8) is 0 Å². The average Bonchev–Trinajstić information content (AvgIpc) is 2.46. The molecular weight excluding hydrogens is 254 g/mol. The number of hydrogen-bond acceptors (Lipinski definition) is 4. The van der Waals surface area contributed by atoms with E-state index in [1.807, 2.05) is 0 Å². The molecule has 0 saturated carbocycles. The number of carbonyl (C=O) groups is 1. The molecule has 1 aliphatic heterocycles. The predicted molar refractivity (Wildman–Crippen MR) is 61.0 cm³/mol. The number of ether oxygens (including phenoxy) is 1. The Balaban J connectivity index is 2.57. The summed E-state index contributed by atoms with van der Waals surface area (Å²) in [4.78, 5) is 13.0. The van der Waals surface area contributed by atoms with Crippen molar-refractivity contribution in [2.75, 3.05) is 13.1 Å². The first-order valence-electron chi connectivity index (χ1n) is 5.01. The molecule has 0 radical (unpaired) electrons. The van der Waals surface area contributed by atoms with Gasteiger partial charge in [0.1, 0.15) is 5.60 Å². The van der Waals surface area contributed by atoms with E-state index in [2.05, 4.69) is 0 Å². The minimum absolute atomic E-state index is 0.112. The van der Waals surface area contributed by atoms with Gasteiger partial charge in [0, 0.05) is 23.8 Å². The highest BCUT2D eigenvalue weighted by Crippen LogP contribution is 2.21. The first kappa shape index (κ1) is 13.6. The van der Waals surface area contributed by atoms with Gasteiger partial charge in [-0.1, -0.05) is 0 Å². The van der Waals surface area contributed by atoms with Crippen LogP contribution >= 0.6 is 10.7 Å². The van der Waals surface area contributed by atoms with Crippen LogP contribution in [0.2, 0.25) is 0 Å². The molecule has 1 amide bonds. The van der Waals surface area contributed by atoms with E-state index in [-0.39, 0.29) is 6.54 Å². The fourth-order valence-corrected chi connectivity index (χ4v) is 2.63. The molecule has 0 aromatic rings. The summed E-state index contributed by atoms with van der Waals surface area (Å²) in [5.74, 6) is 0. The quantitative estimate of drug-likeness (QED) is 0.678. The highest BCUT2D eigenvalue weighted by atomic mass is 35.7. The molecule has 0 aromatic carbocycles. The normalized spacial score (nSPS) is 22.2. The van der Waals surface area contributed by atoms with Crippen molar-refractivity contribution in [2.24, 2.45) is 0 Å². The standard InChI is InChI=1S/C9H16ClNO4S/c1-9(2,3)15-8(12)11-5-4-7(6-11)16(10,13)14/h7H,4-6H2,1-3H3. The second-order valence-electron chi connectivity index (χ2n) is 4.81. The van der Waals surface area contributed by atoms with E-state index in [1.54, 1.807) is 20.8 Å². The number of hydrogen-bond donors (Lipinski definition) is 0. The average molecular weight is 270 g/mol. The lowest BCUT2D eigenvalue weighted by Gasteiger charge is -2.24. The molecule has 0 aromatic heterocycles. The molecule has 1 heterocycles. The van der Waals surface area contributed by atoms with Crippen LogP contribution in [-0.2, 0) is 13.8 Å². The fourth-order valence-electron chi connectivity index (χ4n) is 1.45. The van der Waals surface area contributed by atoms with Gasteiger partial charge >= 0.3 is 6.09 Å². The second-order valence-corrected chi connectivity index (χ2v) is 7.72. The molecule has 94 valence electrons. The van der Waals surface area contributed by atoms with Crippen LogP contribution in [0.1, 0.15) is 27.2 Å². The van der Waals surface area contributed by atoms with Crippen LogP contribution < -0.4 is 0 Å². The van der Waals surface area contributed by atoms with E-state index in [0.29, 0.717) is 13.0 Å². The minimum atomic E-state index is -3.59. The van der Waals surface area contributed by atoms with Crippen molar-refractivity contribution < 1.29 is 17.9 Å². The third-order valence-corrected chi connectivity index (χ3v) is 4.13. The zero-order valence-corrected chi connectivity index (χ0v) is 11.1. The molecule has 1 atom stereocenters. The van der Waals surface area contributed by atoms with E-state index >= 15 is 0 Å². The molecule has 0 N–H and O–H groups in total. The summed E-state index contributed by atoms with van der Waals surface area (Å²) in [7, 11) is 1.65. The zero-order valence-electron chi connectivity index (χ0n) is 9.57. The van der Waals surface area contributed by atoms with Crippen LogP contribution in [0.3, 0.4) is 0 Å². The third-order valence-electron chi connectivity index (χ3n) is 2.19. The molecule has 0 aliphatic carbocycles. The Morgan fingerprint density at radius 1 is 1.44 bits per heavy atom. The smallest absolute Gasteiger partial charge is 0.410 e. The Morgan fingerprint density at radius 3 is 2.38 bits per heavy atom. The van der Waals surface area contributed by atoms with E-state index in [9.17, 15) is 13.2 Å². The summed E-state index contributed by atoms with van der Waals surface area (Å²) in [5.41, 5.74) is -0.574. The highest BCUT2D eigenvalue weighted by molar-refractivity contribution is 8.14. The van der Waals surface area contributed by atoms with Gasteiger partial charge in [0.2, 0.25) is 9.05 Å². The topological polar surface area (TPSA) is 63.7 Å². The molecule has 1 rings (SSSR count). The van der Waals surface area contributed by atoms with E-state index in [1.165, 1.54) is 4.90 Å². The van der Waals surface area contributed by atoms with Gasteiger partial charge < -0.3 is 9.64 Å². The van der Waals surface area contributed by atoms with Gasteiger partial charge in [0.25, 0.3) is 0 Å². The van der Waals surface area contributed by atoms with Crippen LogP contribution in [0.15, 0.2) is 0 Å². The van der Waals surface area contributed by atoms with Gasteiger partial charge in [0.05, 0.1) is 5.25 Å². The van der Waals surface area contributed by atoms with Gasteiger partial charge in [-0.25, -0.2) is 13.2 Å². The molecular formula is C9H16ClNO4S. The van der Waals surface area contributed by atoms with Crippen molar-refractivity contribution >= 4 is 25.8 Å². The van der Waals surface area contributed by atoms with Crippen molar-refractivity contribution in [1.29, 1.82) is 0 Å². The van der Waals surface area contributed by atoms with Crippen molar-refractivity contribution in [3.8, 4) is 0 Å². The maximum absolute atomic E-state index is 11.6. The van der Waals surface area contributed by atoms with Gasteiger partial charge in [-0.3, -0.25) is 0 Å². The molecule has 16 heavy (non-hydrogen) atoms. The Hall–Kier alpha value is -0.490. The van der Waals surface area contributed by atoms with Crippen LogP contribution in [0.4, 0.5) is 4.79 Å². The maximum atomic E-state index is 11.6. The van der Waals surface area contributed by atoms with Gasteiger partial charge in [-0.15, -0.1) is 0 Å². The molecule has 0 spiro atoms. The summed E-state index contributed by atoms with van der Waals surface area (Å²) in [6.45, 7) is 5.76. The summed E-state index contributed by atoms with van der Waals surface area (Å²) in [6.07, 6.45) is -0.124. The molecule has 1 saturated heterocycles. The Bertz CT molecular complexity index is 373. The number of amides is 1. The van der Waals surface area contributed by atoms with E-state index in [0.717, 1.165) is 0 Å². The number of rotatable bonds is 1. The molecule has 0 bridgehead atoms. The molecule has 1 aliphatic rings. The maximum Gasteiger partial charge on any atom is 0.410 e. The zero-order chi connectivity index (χ0) is 12.6. The summed E-state index contributed by atoms with van der Waals surface area (Å²) in [5, 5.41) is -0.679. The Labute approximate surface area is 100 Å². The Morgan fingerprint density at radius 2 is 2.00 bits per heavy atom. The van der Waals surface area contributed by atoms with Gasteiger partial charge in [-0.05, 0) is 27.2 Å². The largest absolute Gasteiger partial charge is 0.444 e. The second kappa shape index (κ2) is 4.41. The SMILES string of the molecule is CC(C)(C)OC(=O)N1CCC(S(=O)(=O)Cl)C1. The first-order valence-corrected chi connectivity index (χ1v) is 7.38. The van der Waals surface area contributed by atoms with Gasteiger partial charge in [0.15, 0.2) is 0 Å². The highest BCUT2D eigenvalue weighted by Gasteiger charge is 2.35. The van der Waals surface area contributed by atoms with E-state index in [4.69, 9.17) is 15.4 Å². The number of nitrogens with zero attached hydrogens (tertiary/aromatic N) is 1. The first-order chi connectivity index (χ1) is 7.09. The van der Waals surface area contributed by atoms with Crippen LogP contribution in [0.5, 0.6) is 0 Å². The van der Waals surface area contributed by atoms with Gasteiger partial charge in [-0.2, -0.15) is 0 Å². The summed E-state index contributed by atoms with van der Waals surface area (Å²) in [6, 6.07) is 0. The molecule has 1 fully saturated rings.